The number of benzene rings is 2. The number of carbonyl (C=O) groups is 1. The normalized spacial score (nSPS) is 12.9. The summed E-state index contributed by atoms with van der Waals surface area (Å²) < 4.78 is 22.5. The van der Waals surface area contributed by atoms with E-state index in [2.05, 4.69) is 15.3 Å². The molecule has 3 aromatic rings. The Morgan fingerprint density at radius 3 is 2.58 bits per heavy atom. The van der Waals surface area contributed by atoms with E-state index in [9.17, 15) is 13.2 Å². The largest absolute Gasteiger partial charge is 0.333 e. The van der Waals surface area contributed by atoms with Crippen molar-refractivity contribution < 1.29 is 13.2 Å². The smallest absolute Gasteiger partial charge is 0.238 e. The van der Waals surface area contributed by atoms with Crippen LogP contribution in [0.15, 0.2) is 52.5 Å². The number of nitrogens with one attached hydrogen (secondary N) is 2. The number of imidazole rings is 1. The van der Waals surface area contributed by atoms with Gasteiger partial charge in [0.2, 0.25) is 15.9 Å². The van der Waals surface area contributed by atoms with Crippen LogP contribution in [0.1, 0.15) is 12.5 Å². The van der Waals surface area contributed by atoms with Crippen LogP contribution in [0.4, 0.5) is 5.69 Å². The maximum absolute atomic E-state index is 12.4. The van der Waals surface area contributed by atoms with E-state index in [1.165, 1.54) is 36.0 Å². The van der Waals surface area contributed by atoms with Crippen LogP contribution in [-0.2, 0) is 14.8 Å². The Morgan fingerprint density at radius 1 is 1.23 bits per heavy atom. The first-order chi connectivity index (χ1) is 12.2. The fraction of sp³-hybridized carbons (Fsp3) is 0.176. The molecule has 0 saturated heterocycles. The molecule has 0 saturated carbocycles. The van der Waals surface area contributed by atoms with Crippen molar-refractivity contribution in [2.75, 3.05) is 5.32 Å². The monoisotopic (exact) mass is 390 g/mol. The highest BCUT2D eigenvalue weighted by Crippen LogP contribution is 2.25. The molecule has 0 aliphatic carbocycles. The lowest BCUT2D eigenvalue weighted by Gasteiger charge is -2.10. The number of aryl methyl sites for hydroxylation is 1. The first-order valence-corrected chi connectivity index (χ1v) is 10.2. The van der Waals surface area contributed by atoms with Gasteiger partial charge in [-0.15, -0.1) is 0 Å². The van der Waals surface area contributed by atoms with E-state index < -0.39 is 15.3 Å². The highest BCUT2D eigenvalue weighted by atomic mass is 32.2. The number of anilines is 1. The second kappa shape index (κ2) is 7.10. The minimum atomic E-state index is -3.75. The van der Waals surface area contributed by atoms with Crippen LogP contribution >= 0.6 is 11.8 Å². The van der Waals surface area contributed by atoms with Crippen molar-refractivity contribution in [2.45, 2.75) is 29.1 Å². The van der Waals surface area contributed by atoms with Gasteiger partial charge in [0.25, 0.3) is 0 Å². The zero-order valence-corrected chi connectivity index (χ0v) is 15.8. The van der Waals surface area contributed by atoms with E-state index in [1.54, 1.807) is 6.92 Å². The molecule has 26 heavy (non-hydrogen) atoms. The Bertz CT molecular complexity index is 1060. The van der Waals surface area contributed by atoms with Crippen LogP contribution in [-0.4, -0.2) is 29.5 Å². The summed E-state index contributed by atoms with van der Waals surface area (Å²) in [5, 5.41) is 8.07. The van der Waals surface area contributed by atoms with Crippen LogP contribution in [0.5, 0.6) is 0 Å². The van der Waals surface area contributed by atoms with Crippen molar-refractivity contribution in [3.63, 3.8) is 0 Å². The van der Waals surface area contributed by atoms with Crippen LogP contribution in [0.3, 0.4) is 0 Å². The minimum absolute atomic E-state index is 0.00417. The van der Waals surface area contributed by atoms with Crippen molar-refractivity contribution in [2.24, 2.45) is 5.14 Å². The molecular weight excluding hydrogens is 372 g/mol. The maximum Gasteiger partial charge on any atom is 0.238 e. The van der Waals surface area contributed by atoms with Crippen LogP contribution < -0.4 is 10.5 Å². The fourth-order valence-corrected chi connectivity index (χ4v) is 3.68. The third-order valence-corrected chi connectivity index (χ3v) is 5.64. The number of H-pyrrole nitrogens is 1. The van der Waals surface area contributed by atoms with E-state index in [0.717, 1.165) is 16.6 Å². The molecule has 0 unspecified atom stereocenters. The first-order valence-electron chi connectivity index (χ1n) is 7.79. The van der Waals surface area contributed by atoms with E-state index in [4.69, 9.17) is 5.14 Å². The number of carbonyl (C=O) groups excluding carboxylic acids is 1. The number of aromatic nitrogens is 2. The van der Waals surface area contributed by atoms with Gasteiger partial charge in [-0.05, 0) is 55.8 Å². The molecule has 9 heteroatoms. The predicted molar refractivity (Wildman–Crippen MR) is 103 cm³/mol. The van der Waals surface area contributed by atoms with Crippen molar-refractivity contribution in [1.82, 2.24) is 9.97 Å². The average molecular weight is 390 g/mol. The number of hydrogen-bond donors (Lipinski definition) is 3. The molecule has 4 N–H and O–H groups in total. The van der Waals surface area contributed by atoms with Crippen molar-refractivity contribution in [3.05, 3.63) is 48.0 Å². The third-order valence-electron chi connectivity index (χ3n) is 3.72. The molecule has 1 heterocycles. The summed E-state index contributed by atoms with van der Waals surface area (Å²) in [5.41, 5.74) is 3.41. The van der Waals surface area contributed by atoms with E-state index >= 15 is 0 Å². The zero-order valence-electron chi connectivity index (χ0n) is 14.2. The first kappa shape index (κ1) is 18.4. The van der Waals surface area contributed by atoms with Crippen LogP contribution in [0, 0.1) is 6.92 Å². The molecular formula is C17H18N4O3S2. The second-order valence-corrected chi connectivity index (χ2v) is 8.77. The Morgan fingerprint density at radius 2 is 1.92 bits per heavy atom. The number of nitrogens with zero attached hydrogens (tertiary/aromatic N) is 1. The number of nitrogens with two attached hydrogens (primary N) is 1. The molecule has 1 atom stereocenters. The quantitative estimate of drug-likeness (QED) is 0.579. The average Bonchev–Trinajstić information content (AvgIpc) is 2.95. The number of sulfonamides is 1. The number of rotatable bonds is 5. The molecule has 3 rings (SSSR count). The lowest BCUT2D eigenvalue weighted by atomic mass is 10.2. The van der Waals surface area contributed by atoms with Gasteiger partial charge in [0.05, 0.1) is 21.2 Å². The third kappa shape index (κ3) is 4.24. The van der Waals surface area contributed by atoms with Gasteiger partial charge >= 0.3 is 0 Å². The van der Waals surface area contributed by atoms with Gasteiger partial charge in [-0.1, -0.05) is 17.8 Å². The number of aromatic amines is 1. The molecule has 1 aromatic heterocycles. The predicted octanol–water partition coefficient (Wildman–Crippen LogP) is 2.64. The summed E-state index contributed by atoms with van der Waals surface area (Å²) in [5.74, 6) is -0.213. The topological polar surface area (TPSA) is 118 Å². The number of hydrogen-bond acceptors (Lipinski definition) is 5. The molecule has 0 bridgehead atoms. The molecule has 2 aromatic carbocycles. The van der Waals surface area contributed by atoms with Gasteiger partial charge < -0.3 is 10.3 Å². The summed E-state index contributed by atoms with van der Waals surface area (Å²) in [4.78, 5) is 20.0. The number of amides is 1. The van der Waals surface area contributed by atoms with Gasteiger partial charge in [0, 0.05) is 5.69 Å². The molecule has 0 aliphatic heterocycles. The molecule has 0 fully saturated rings. The standard InChI is InChI=1S/C17H18N4O3S2/c1-10-3-8-14-15(9-10)21-17(20-14)25-11(2)16(22)19-12-4-6-13(7-5-12)26(18,23)24/h3-9,11H,1-2H3,(H,19,22)(H,20,21)(H2,18,23,24)/t11-/m1/s1. The Kier molecular flexibility index (Phi) is 5.03. The van der Waals surface area contributed by atoms with Gasteiger partial charge in [-0.25, -0.2) is 18.5 Å². The van der Waals surface area contributed by atoms with Crippen molar-refractivity contribution in [3.8, 4) is 0 Å². The summed E-state index contributed by atoms with van der Waals surface area (Å²) >= 11 is 1.32. The molecule has 136 valence electrons. The second-order valence-electron chi connectivity index (χ2n) is 5.88. The molecule has 0 aliphatic rings. The number of fused-ring (bicyclic) bond motifs is 1. The highest BCUT2D eigenvalue weighted by Gasteiger charge is 2.17. The van der Waals surface area contributed by atoms with Gasteiger partial charge in [0.15, 0.2) is 5.16 Å². The van der Waals surface area contributed by atoms with Gasteiger partial charge in [-0.3, -0.25) is 4.79 Å². The Labute approximate surface area is 155 Å². The molecule has 0 radical (unpaired) electrons. The highest BCUT2D eigenvalue weighted by molar-refractivity contribution is 8.00. The van der Waals surface area contributed by atoms with Crippen LogP contribution in [0.25, 0.3) is 11.0 Å². The minimum Gasteiger partial charge on any atom is -0.333 e. The summed E-state index contributed by atoms with van der Waals surface area (Å²) in [6.45, 7) is 3.78. The lowest BCUT2D eigenvalue weighted by molar-refractivity contribution is -0.115. The number of thioether (sulfide) groups is 1. The number of primary sulfonamides is 1. The van der Waals surface area contributed by atoms with Gasteiger partial charge in [0.1, 0.15) is 0 Å². The van der Waals surface area contributed by atoms with E-state index in [1.807, 2.05) is 25.1 Å². The molecule has 0 spiro atoms. The molecule has 7 nitrogen and oxygen atoms in total. The maximum atomic E-state index is 12.4. The lowest BCUT2D eigenvalue weighted by Crippen LogP contribution is -2.22. The summed E-state index contributed by atoms with van der Waals surface area (Å²) in [6.07, 6.45) is 0. The van der Waals surface area contributed by atoms with Crippen molar-refractivity contribution in [1.29, 1.82) is 0 Å². The van der Waals surface area contributed by atoms with E-state index in [-0.39, 0.29) is 10.8 Å². The zero-order chi connectivity index (χ0) is 18.9. The SMILES string of the molecule is Cc1ccc2nc(S[C@H](C)C(=O)Nc3ccc(S(N)(=O)=O)cc3)[nH]c2c1. The fourth-order valence-electron chi connectivity index (χ4n) is 2.35. The van der Waals surface area contributed by atoms with Gasteiger partial charge in [-0.2, -0.15) is 0 Å². The van der Waals surface area contributed by atoms with Crippen molar-refractivity contribution >= 4 is 44.4 Å². The summed E-state index contributed by atoms with van der Waals surface area (Å²) in [7, 11) is -3.75. The van der Waals surface area contributed by atoms with Crippen LogP contribution in [0.2, 0.25) is 0 Å². The Hall–Kier alpha value is -2.36. The Balaban J connectivity index is 1.67. The van der Waals surface area contributed by atoms with E-state index in [0.29, 0.717) is 10.8 Å². The molecule has 1 amide bonds. The summed E-state index contributed by atoms with van der Waals surface area (Å²) in [6, 6.07) is 11.6.